The number of carbonyl (C=O) groups excluding carboxylic acids is 1. The van der Waals surface area contributed by atoms with E-state index in [1.54, 1.807) is 18.3 Å². The van der Waals surface area contributed by atoms with E-state index in [9.17, 15) is 4.79 Å². The van der Waals surface area contributed by atoms with Crippen LogP contribution in [0, 0.1) is 0 Å². The van der Waals surface area contributed by atoms with Gasteiger partial charge in [0.2, 0.25) is 11.8 Å². The van der Waals surface area contributed by atoms with E-state index >= 15 is 0 Å². The van der Waals surface area contributed by atoms with Gasteiger partial charge in [0, 0.05) is 17.0 Å². The van der Waals surface area contributed by atoms with Crippen molar-refractivity contribution in [2.24, 2.45) is 5.73 Å². The fraction of sp³-hybridized carbons (Fsp3) is 0.368. The summed E-state index contributed by atoms with van der Waals surface area (Å²) in [5.41, 5.74) is 7.22. The SMILES string of the molecule is CCC(N)C(=O)Nc1ccc(Oc2cccc3c2C(C)(C)CO3)nc1. The van der Waals surface area contributed by atoms with Gasteiger partial charge in [-0.3, -0.25) is 4.79 Å². The lowest BCUT2D eigenvalue weighted by molar-refractivity contribution is -0.117. The van der Waals surface area contributed by atoms with Crippen LogP contribution in [0.4, 0.5) is 5.69 Å². The molecular formula is C19H23N3O3. The number of nitrogens with zero attached hydrogens (tertiary/aromatic N) is 1. The predicted molar refractivity (Wildman–Crippen MR) is 96.2 cm³/mol. The normalized spacial score (nSPS) is 15.8. The Hall–Kier alpha value is -2.60. The lowest BCUT2D eigenvalue weighted by Gasteiger charge is -2.18. The van der Waals surface area contributed by atoms with E-state index < -0.39 is 6.04 Å². The second-order valence-corrected chi connectivity index (χ2v) is 6.79. The molecule has 1 aliphatic rings. The number of hydrogen-bond acceptors (Lipinski definition) is 5. The summed E-state index contributed by atoms with van der Waals surface area (Å²) in [5.74, 6) is 1.81. The molecule has 3 rings (SSSR count). The molecule has 0 saturated heterocycles. The maximum Gasteiger partial charge on any atom is 0.241 e. The van der Waals surface area contributed by atoms with Crippen LogP contribution in [0.3, 0.4) is 0 Å². The van der Waals surface area contributed by atoms with Gasteiger partial charge in [-0.25, -0.2) is 4.98 Å². The maximum atomic E-state index is 11.8. The number of fused-ring (bicyclic) bond motifs is 1. The highest BCUT2D eigenvalue weighted by Crippen LogP contribution is 2.45. The van der Waals surface area contributed by atoms with Gasteiger partial charge in [-0.1, -0.05) is 26.8 Å². The van der Waals surface area contributed by atoms with E-state index in [0.29, 0.717) is 24.6 Å². The molecule has 25 heavy (non-hydrogen) atoms. The van der Waals surface area contributed by atoms with Crippen molar-refractivity contribution in [2.45, 2.75) is 38.6 Å². The lowest BCUT2D eigenvalue weighted by Crippen LogP contribution is -2.34. The Balaban J connectivity index is 1.75. The van der Waals surface area contributed by atoms with Crippen LogP contribution in [0.25, 0.3) is 0 Å². The van der Waals surface area contributed by atoms with E-state index in [1.807, 2.05) is 25.1 Å². The highest BCUT2D eigenvalue weighted by molar-refractivity contribution is 5.94. The Morgan fingerprint density at radius 1 is 1.40 bits per heavy atom. The van der Waals surface area contributed by atoms with Gasteiger partial charge in [-0.15, -0.1) is 0 Å². The molecule has 0 radical (unpaired) electrons. The number of pyridine rings is 1. The first-order valence-corrected chi connectivity index (χ1v) is 8.37. The lowest BCUT2D eigenvalue weighted by atomic mass is 9.86. The van der Waals surface area contributed by atoms with Crippen molar-refractivity contribution in [3.63, 3.8) is 0 Å². The molecule has 1 amide bonds. The summed E-state index contributed by atoms with van der Waals surface area (Å²) >= 11 is 0. The largest absolute Gasteiger partial charge is 0.492 e. The molecular weight excluding hydrogens is 318 g/mol. The molecule has 1 unspecified atom stereocenters. The smallest absolute Gasteiger partial charge is 0.241 e. The third kappa shape index (κ3) is 3.58. The van der Waals surface area contributed by atoms with Crippen LogP contribution in [0.2, 0.25) is 0 Å². The number of aromatic nitrogens is 1. The predicted octanol–water partition coefficient (Wildman–Crippen LogP) is 3.22. The van der Waals surface area contributed by atoms with Crippen LogP contribution in [0.5, 0.6) is 17.4 Å². The van der Waals surface area contributed by atoms with Gasteiger partial charge in [0.05, 0.1) is 24.5 Å². The summed E-state index contributed by atoms with van der Waals surface area (Å²) in [7, 11) is 0. The number of anilines is 1. The quantitative estimate of drug-likeness (QED) is 0.872. The number of amides is 1. The minimum Gasteiger partial charge on any atom is -0.492 e. The first-order chi connectivity index (χ1) is 11.9. The molecule has 0 saturated carbocycles. The van der Waals surface area contributed by atoms with Crippen LogP contribution >= 0.6 is 0 Å². The van der Waals surface area contributed by atoms with Gasteiger partial charge in [-0.05, 0) is 24.6 Å². The third-order valence-corrected chi connectivity index (χ3v) is 4.25. The maximum absolute atomic E-state index is 11.8. The summed E-state index contributed by atoms with van der Waals surface area (Å²) in [6, 6.07) is 8.69. The number of ether oxygens (including phenoxy) is 2. The van der Waals surface area contributed by atoms with Crippen molar-refractivity contribution in [1.29, 1.82) is 0 Å². The van der Waals surface area contributed by atoms with Gasteiger partial charge < -0.3 is 20.5 Å². The zero-order chi connectivity index (χ0) is 18.0. The topological polar surface area (TPSA) is 86.5 Å². The molecule has 2 aromatic rings. The molecule has 3 N–H and O–H groups in total. The molecule has 2 heterocycles. The highest BCUT2D eigenvalue weighted by atomic mass is 16.5. The number of nitrogens with two attached hydrogens (primary N) is 1. The van der Waals surface area contributed by atoms with Crippen LogP contribution in [-0.2, 0) is 10.2 Å². The molecule has 1 aromatic carbocycles. The molecule has 0 fully saturated rings. The Kier molecular flexibility index (Phi) is 4.63. The molecule has 1 aliphatic heterocycles. The molecule has 1 atom stereocenters. The van der Waals surface area contributed by atoms with Crippen LogP contribution in [0.1, 0.15) is 32.8 Å². The molecule has 132 valence electrons. The molecule has 0 bridgehead atoms. The fourth-order valence-corrected chi connectivity index (χ4v) is 2.76. The van der Waals surface area contributed by atoms with Gasteiger partial charge in [0.25, 0.3) is 0 Å². The number of hydrogen-bond donors (Lipinski definition) is 2. The zero-order valence-electron chi connectivity index (χ0n) is 14.7. The van der Waals surface area contributed by atoms with Crippen molar-refractivity contribution in [3.8, 4) is 17.4 Å². The molecule has 6 nitrogen and oxygen atoms in total. The van der Waals surface area contributed by atoms with Crippen molar-refractivity contribution in [2.75, 3.05) is 11.9 Å². The number of benzene rings is 1. The summed E-state index contributed by atoms with van der Waals surface area (Å²) in [6.45, 7) is 6.73. The summed E-state index contributed by atoms with van der Waals surface area (Å²) in [6.07, 6.45) is 2.14. The minimum absolute atomic E-state index is 0.115. The van der Waals surface area contributed by atoms with Crippen molar-refractivity contribution in [1.82, 2.24) is 4.98 Å². The van der Waals surface area contributed by atoms with Crippen LogP contribution < -0.4 is 20.5 Å². The molecule has 6 heteroatoms. The van der Waals surface area contributed by atoms with Crippen LogP contribution in [-0.4, -0.2) is 23.5 Å². The fourth-order valence-electron chi connectivity index (χ4n) is 2.76. The Labute approximate surface area is 147 Å². The average Bonchev–Trinajstić information content (AvgIpc) is 2.92. The molecule has 0 spiro atoms. The Bertz CT molecular complexity index is 772. The first-order valence-electron chi connectivity index (χ1n) is 8.37. The number of nitrogens with one attached hydrogen (secondary N) is 1. The van der Waals surface area contributed by atoms with E-state index in [4.69, 9.17) is 15.2 Å². The van der Waals surface area contributed by atoms with Gasteiger partial charge in [-0.2, -0.15) is 0 Å². The van der Waals surface area contributed by atoms with E-state index in [1.165, 1.54) is 0 Å². The molecule has 1 aromatic heterocycles. The number of carbonyl (C=O) groups is 1. The average molecular weight is 341 g/mol. The van der Waals surface area contributed by atoms with Gasteiger partial charge in [0.15, 0.2) is 0 Å². The van der Waals surface area contributed by atoms with E-state index in [2.05, 4.69) is 24.1 Å². The van der Waals surface area contributed by atoms with Crippen molar-refractivity contribution >= 4 is 11.6 Å². The number of rotatable bonds is 5. The minimum atomic E-state index is -0.523. The Morgan fingerprint density at radius 2 is 2.20 bits per heavy atom. The molecule has 0 aliphatic carbocycles. The van der Waals surface area contributed by atoms with Crippen LogP contribution in [0.15, 0.2) is 36.5 Å². The first kappa shape index (κ1) is 17.2. The van der Waals surface area contributed by atoms with Gasteiger partial charge in [0.1, 0.15) is 11.5 Å². The summed E-state index contributed by atoms with van der Waals surface area (Å²) < 4.78 is 11.7. The standard InChI is InChI=1S/C19H23N3O3/c1-4-13(20)18(23)22-12-8-9-16(21-10-12)25-15-7-5-6-14-17(15)19(2,3)11-24-14/h5-10,13H,4,11,20H2,1-3H3,(H,22,23). The highest BCUT2D eigenvalue weighted by Gasteiger charge is 2.35. The summed E-state index contributed by atoms with van der Waals surface area (Å²) in [5, 5.41) is 2.74. The third-order valence-electron chi connectivity index (χ3n) is 4.25. The van der Waals surface area contributed by atoms with Gasteiger partial charge >= 0.3 is 0 Å². The monoisotopic (exact) mass is 341 g/mol. The van der Waals surface area contributed by atoms with E-state index in [0.717, 1.165) is 17.1 Å². The van der Waals surface area contributed by atoms with Crippen molar-refractivity contribution < 1.29 is 14.3 Å². The second-order valence-electron chi connectivity index (χ2n) is 6.79. The van der Waals surface area contributed by atoms with Crippen molar-refractivity contribution in [3.05, 3.63) is 42.1 Å². The van der Waals surface area contributed by atoms with E-state index in [-0.39, 0.29) is 11.3 Å². The Morgan fingerprint density at radius 3 is 2.88 bits per heavy atom. The zero-order valence-corrected chi connectivity index (χ0v) is 14.7. The summed E-state index contributed by atoms with van der Waals surface area (Å²) in [4.78, 5) is 16.1. The second kappa shape index (κ2) is 6.72.